The molecule has 29 heavy (non-hydrogen) atoms. The van der Waals surface area contributed by atoms with Crippen molar-refractivity contribution >= 4 is 5.91 Å². The van der Waals surface area contributed by atoms with E-state index in [-0.39, 0.29) is 11.9 Å². The first-order chi connectivity index (χ1) is 14.0. The molecule has 0 saturated carbocycles. The Bertz CT molecular complexity index is 973. The molecule has 0 aliphatic heterocycles. The van der Waals surface area contributed by atoms with Gasteiger partial charge in [0.1, 0.15) is 17.0 Å². The molecule has 7 heteroatoms. The predicted molar refractivity (Wildman–Crippen MR) is 109 cm³/mol. The maximum Gasteiger partial charge on any atom is 0.257 e. The van der Waals surface area contributed by atoms with Gasteiger partial charge in [-0.25, -0.2) is 0 Å². The lowest BCUT2D eigenvalue weighted by Crippen LogP contribution is -2.27. The van der Waals surface area contributed by atoms with Crippen molar-refractivity contribution in [1.29, 1.82) is 0 Å². The van der Waals surface area contributed by atoms with Crippen molar-refractivity contribution in [2.75, 3.05) is 21.3 Å². The Labute approximate surface area is 169 Å². The number of rotatable bonds is 7. The molecule has 3 rings (SSSR count). The Kier molecular flexibility index (Phi) is 6.07. The van der Waals surface area contributed by atoms with Crippen LogP contribution in [-0.4, -0.2) is 32.4 Å². The van der Waals surface area contributed by atoms with Crippen LogP contribution >= 0.6 is 0 Å². The Morgan fingerprint density at radius 2 is 1.66 bits per heavy atom. The SMILES string of the molecule is COc1cc([C@@H](C)NC(=O)c2c(-c3ccccc3)noc2C)cc(OC)c1OC. The molecule has 0 radical (unpaired) electrons. The van der Waals surface area contributed by atoms with Crippen LogP contribution < -0.4 is 19.5 Å². The number of amides is 1. The molecule has 2 aromatic carbocycles. The third-order valence-electron chi connectivity index (χ3n) is 4.67. The number of carbonyl (C=O) groups is 1. The van der Waals surface area contributed by atoms with Crippen molar-refractivity contribution in [2.45, 2.75) is 19.9 Å². The zero-order valence-electron chi connectivity index (χ0n) is 17.1. The van der Waals surface area contributed by atoms with E-state index in [0.29, 0.717) is 34.3 Å². The summed E-state index contributed by atoms with van der Waals surface area (Å²) in [5, 5.41) is 7.07. The molecule has 1 atom stereocenters. The molecule has 1 amide bonds. The standard InChI is InChI=1S/C22H24N2O5/c1-13(16-11-17(26-3)21(28-5)18(12-16)27-4)23-22(25)19-14(2)29-24-20(19)15-9-7-6-8-10-15/h6-13H,1-5H3,(H,23,25)/t13-/m1/s1. The largest absolute Gasteiger partial charge is 0.493 e. The van der Waals surface area contributed by atoms with Crippen LogP contribution in [0.5, 0.6) is 17.2 Å². The molecule has 3 aromatic rings. The summed E-state index contributed by atoms with van der Waals surface area (Å²) in [6, 6.07) is 12.7. The zero-order chi connectivity index (χ0) is 21.0. The van der Waals surface area contributed by atoms with Crippen LogP contribution in [0.4, 0.5) is 0 Å². The Balaban J connectivity index is 1.90. The molecule has 1 aromatic heterocycles. The first kappa shape index (κ1) is 20.3. The van der Waals surface area contributed by atoms with Gasteiger partial charge in [-0.05, 0) is 31.5 Å². The number of aromatic nitrogens is 1. The van der Waals surface area contributed by atoms with E-state index >= 15 is 0 Å². The van der Waals surface area contributed by atoms with Crippen LogP contribution in [0.15, 0.2) is 47.0 Å². The molecule has 0 unspecified atom stereocenters. The molecule has 0 bridgehead atoms. The maximum absolute atomic E-state index is 13.0. The third-order valence-corrected chi connectivity index (χ3v) is 4.67. The number of nitrogens with zero attached hydrogens (tertiary/aromatic N) is 1. The summed E-state index contributed by atoms with van der Waals surface area (Å²) >= 11 is 0. The van der Waals surface area contributed by atoms with E-state index < -0.39 is 0 Å². The minimum absolute atomic E-state index is 0.274. The van der Waals surface area contributed by atoms with E-state index in [9.17, 15) is 4.79 Å². The van der Waals surface area contributed by atoms with Crippen LogP contribution in [0, 0.1) is 6.92 Å². The molecule has 1 N–H and O–H groups in total. The Morgan fingerprint density at radius 1 is 1.03 bits per heavy atom. The van der Waals surface area contributed by atoms with E-state index in [4.69, 9.17) is 18.7 Å². The van der Waals surface area contributed by atoms with Crippen molar-refractivity contribution in [3.8, 4) is 28.5 Å². The zero-order valence-corrected chi connectivity index (χ0v) is 17.1. The van der Waals surface area contributed by atoms with Gasteiger partial charge in [-0.2, -0.15) is 0 Å². The molecule has 0 saturated heterocycles. The average molecular weight is 396 g/mol. The van der Waals surface area contributed by atoms with Gasteiger partial charge >= 0.3 is 0 Å². The highest BCUT2D eigenvalue weighted by atomic mass is 16.5. The molecule has 0 fully saturated rings. The van der Waals surface area contributed by atoms with Gasteiger partial charge in [0.2, 0.25) is 5.75 Å². The molecular weight excluding hydrogens is 372 g/mol. The Hall–Kier alpha value is -3.48. The van der Waals surface area contributed by atoms with Gasteiger partial charge < -0.3 is 24.1 Å². The van der Waals surface area contributed by atoms with E-state index in [0.717, 1.165) is 11.1 Å². The van der Waals surface area contributed by atoms with E-state index in [1.165, 1.54) is 0 Å². The number of methoxy groups -OCH3 is 3. The van der Waals surface area contributed by atoms with Crippen molar-refractivity contribution in [3.63, 3.8) is 0 Å². The van der Waals surface area contributed by atoms with E-state index in [1.54, 1.807) is 28.3 Å². The summed E-state index contributed by atoms with van der Waals surface area (Å²) in [5.74, 6) is 1.73. The summed E-state index contributed by atoms with van der Waals surface area (Å²) in [6.07, 6.45) is 0. The minimum atomic E-state index is -0.325. The fourth-order valence-electron chi connectivity index (χ4n) is 3.14. The van der Waals surface area contributed by atoms with Crippen LogP contribution in [-0.2, 0) is 0 Å². The smallest absolute Gasteiger partial charge is 0.257 e. The summed E-state index contributed by atoms with van der Waals surface area (Å²) in [6.45, 7) is 3.60. The Morgan fingerprint density at radius 3 is 2.21 bits per heavy atom. The number of hydrogen-bond donors (Lipinski definition) is 1. The third kappa shape index (κ3) is 4.03. The summed E-state index contributed by atoms with van der Waals surface area (Å²) in [5.41, 5.74) is 2.55. The van der Waals surface area contributed by atoms with E-state index in [1.807, 2.05) is 49.4 Å². The topological polar surface area (TPSA) is 82.8 Å². The van der Waals surface area contributed by atoms with Crippen molar-refractivity contribution in [2.24, 2.45) is 0 Å². The molecule has 0 aliphatic rings. The van der Waals surface area contributed by atoms with Crippen LogP contribution in [0.25, 0.3) is 11.3 Å². The van der Waals surface area contributed by atoms with Gasteiger partial charge in [0.05, 0.1) is 27.4 Å². The number of carbonyl (C=O) groups excluding carboxylic acids is 1. The van der Waals surface area contributed by atoms with Gasteiger partial charge in [0.15, 0.2) is 11.5 Å². The van der Waals surface area contributed by atoms with E-state index in [2.05, 4.69) is 10.5 Å². The quantitative estimate of drug-likeness (QED) is 0.645. The average Bonchev–Trinajstić information content (AvgIpc) is 3.14. The summed E-state index contributed by atoms with van der Waals surface area (Å²) in [7, 11) is 4.65. The highest BCUT2D eigenvalue weighted by Gasteiger charge is 2.24. The fraction of sp³-hybridized carbons (Fsp3) is 0.273. The number of nitrogens with one attached hydrogen (secondary N) is 1. The maximum atomic E-state index is 13.0. The molecule has 1 heterocycles. The van der Waals surface area contributed by atoms with Gasteiger partial charge in [-0.3, -0.25) is 4.79 Å². The molecule has 152 valence electrons. The first-order valence-electron chi connectivity index (χ1n) is 9.12. The second-order valence-corrected chi connectivity index (χ2v) is 6.48. The number of ether oxygens (including phenoxy) is 3. The van der Waals surface area contributed by atoms with Crippen LogP contribution in [0.3, 0.4) is 0 Å². The van der Waals surface area contributed by atoms with Crippen molar-refractivity contribution in [3.05, 3.63) is 59.4 Å². The predicted octanol–water partition coefficient (Wildman–Crippen LogP) is 4.17. The lowest BCUT2D eigenvalue weighted by atomic mass is 10.0. The number of benzene rings is 2. The highest BCUT2D eigenvalue weighted by molar-refractivity contribution is 6.01. The number of aryl methyl sites for hydroxylation is 1. The normalized spacial score (nSPS) is 11.6. The molecule has 7 nitrogen and oxygen atoms in total. The summed E-state index contributed by atoms with van der Waals surface area (Å²) < 4.78 is 21.5. The minimum Gasteiger partial charge on any atom is -0.493 e. The lowest BCUT2D eigenvalue weighted by molar-refractivity contribution is 0.0938. The fourth-order valence-corrected chi connectivity index (χ4v) is 3.14. The first-order valence-corrected chi connectivity index (χ1v) is 9.12. The molecular formula is C22H24N2O5. The van der Waals surface area contributed by atoms with Crippen molar-refractivity contribution in [1.82, 2.24) is 10.5 Å². The second-order valence-electron chi connectivity index (χ2n) is 6.48. The molecule has 0 aliphatic carbocycles. The summed E-state index contributed by atoms with van der Waals surface area (Å²) in [4.78, 5) is 13.0. The van der Waals surface area contributed by atoms with Gasteiger partial charge in [0.25, 0.3) is 5.91 Å². The highest BCUT2D eigenvalue weighted by Crippen LogP contribution is 2.39. The van der Waals surface area contributed by atoms with Crippen LogP contribution in [0.1, 0.15) is 34.6 Å². The molecule has 0 spiro atoms. The lowest BCUT2D eigenvalue weighted by Gasteiger charge is -2.19. The van der Waals surface area contributed by atoms with Gasteiger partial charge in [0, 0.05) is 5.56 Å². The van der Waals surface area contributed by atoms with Gasteiger partial charge in [-0.1, -0.05) is 35.5 Å². The monoisotopic (exact) mass is 396 g/mol. The van der Waals surface area contributed by atoms with Crippen LogP contribution in [0.2, 0.25) is 0 Å². The second kappa shape index (κ2) is 8.68. The number of hydrogen-bond acceptors (Lipinski definition) is 6. The van der Waals surface area contributed by atoms with Crippen molar-refractivity contribution < 1.29 is 23.5 Å². The van der Waals surface area contributed by atoms with Gasteiger partial charge in [-0.15, -0.1) is 0 Å².